The van der Waals surface area contributed by atoms with Gasteiger partial charge in [-0.3, -0.25) is 9.78 Å². The van der Waals surface area contributed by atoms with E-state index >= 15 is 0 Å². The lowest BCUT2D eigenvalue weighted by molar-refractivity contribution is -0.137. The molecule has 0 unspecified atom stereocenters. The van der Waals surface area contributed by atoms with Crippen molar-refractivity contribution in [2.75, 3.05) is 44.7 Å². The first-order valence-corrected chi connectivity index (χ1v) is 14.2. The summed E-state index contributed by atoms with van der Waals surface area (Å²) in [5.74, 6) is 0.663. The number of aromatic nitrogens is 1. The Morgan fingerprint density at radius 3 is 2.52 bits per heavy atom. The van der Waals surface area contributed by atoms with E-state index in [1.807, 2.05) is 61.3 Å². The number of halogens is 3. The Hall–Kier alpha value is -4.10. The molecule has 2 fully saturated rings. The molecule has 0 radical (unpaired) electrons. The molecule has 1 N–H and O–H groups in total. The second kappa shape index (κ2) is 12.0. The van der Waals surface area contributed by atoms with Crippen molar-refractivity contribution in [3.8, 4) is 23.1 Å². The number of likely N-dealkylation sites (N-methyl/N-ethyl adjacent to an activating group) is 1. The summed E-state index contributed by atoms with van der Waals surface area (Å²) in [6, 6.07) is 16.7. The summed E-state index contributed by atoms with van der Waals surface area (Å²) in [5, 5.41) is 12.9. The summed E-state index contributed by atoms with van der Waals surface area (Å²) < 4.78 is 45.6. The lowest BCUT2D eigenvalue weighted by atomic mass is 9.72. The van der Waals surface area contributed by atoms with Gasteiger partial charge in [0.05, 0.1) is 34.5 Å². The van der Waals surface area contributed by atoms with Gasteiger partial charge in [-0.15, -0.1) is 0 Å². The summed E-state index contributed by atoms with van der Waals surface area (Å²) in [5.41, 5.74) is 1.06. The first-order chi connectivity index (χ1) is 20.1. The average Bonchev–Trinajstić information content (AvgIpc) is 3.41. The number of rotatable bonds is 7. The number of carbonyl (C=O) groups is 1. The molecule has 5 rings (SSSR count). The van der Waals surface area contributed by atoms with Crippen LogP contribution in [-0.4, -0.2) is 61.7 Å². The minimum atomic E-state index is -4.53. The molecule has 2 aromatic carbocycles. The smallest absolute Gasteiger partial charge is 0.416 e. The molecule has 2 aliphatic heterocycles. The van der Waals surface area contributed by atoms with E-state index in [0.717, 1.165) is 54.2 Å². The van der Waals surface area contributed by atoms with E-state index in [4.69, 9.17) is 9.72 Å². The van der Waals surface area contributed by atoms with Crippen LogP contribution in [0.2, 0.25) is 0 Å². The number of pyridine rings is 1. The molecule has 0 aliphatic carbocycles. The number of alkyl halides is 3. The third-order valence-corrected chi connectivity index (χ3v) is 8.34. The number of nitrogens with one attached hydrogen (secondary N) is 1. The van der Waals surface area contributed by atoms with Crippen molar-refractivity contribution in [1.82, 2.24) is 15.2 Å². The first-order valence-electron chi connectivity index (χ1n) is 14.2. The van der Waals surface area contributed by atoms with Crippen molar-refractivity contribution in [1.29, 1.82) is 5.26 Å². The van der Waals surface area contributed by atoms with Gasteiger partial charge in [-0.1, -0.05) is 18.2 Å². The second-order valence-corrected chi connectivity index (χ2v) is 11.0. The summed E-state index contributed by atoms with van der Waals surface area (Å²) in [7, 11) is 2.03. The highest BCUT2D eigenvalue weighted by Gasteiger charge is 2.44. The molecule has 0 spiro atoms. The highest BCUT2D eigenvalue weighted by atomic mass is 19.4. The number of hydrogen-bond acceptors (Lipinski definition) is 6. The number of hydrogen-bond donors (Lipinski definition) is 1. The van der Waals surface area contributed by atoms with E-state index in [9.17, 15) is 23.2 Å². The van der Waals surface area contributed by atoms with Crippen molar-refractivity contribution in [3.63, 3.8) is 0 Å². The van der Waals surface area contributed by atoms with E-state index in [1.54, 1.807) is 6.20 Å². The number of piperidine rings is 1. The van der Waals surface area contributed by atoms with Gasteiger partial charge in [0.25, 0.3) is 0 Å². The maximum Gasteiger partial charge on any atom is 0.416 e. The molecular formula is C32H34F3N5O2. The van der Waals surface area contributed by atoms with Crippen molar-refractivity contribution < 1.29 is 22.7 Å². The fraction of sp³-hybridized carbons (Fsp3) is 0.406. The lowest BCUT2D eigenvalue weighted by Crippen LogP contribution is -2.54. The van der Waals surface area contributed by atoms with Gasteiger partial charge < -0.3 is 19.9 Å². The minimum Gasteiger partial charge on any atom is -0.493 e. The largest absolute Gasteiger partial charge is 0.493 e. The van der Waals surface area contributed by atoms with Crippen LogP contribution < -0.4 is 15.0 Å². The van der Waals surface area contributed by atoms with Crippen molar-refractivity contribution in [2.24, 2.45) is 0 Å². The van der Waals surface area contributed by atoms with Gasteiger partial charge in [-0.05, 0) is 81.7 Å². The molecule has 1 aromatic heterocycles. The van der Waals surface area contributed by atoms with Gasteiger partial charge in [0.15, 0.2) is 0 Å². The lowest BCUT2D eigenvalue weighted by Gasteiger charge is -2.42. The van der Waals surface area contributed by atoms with Crippen LogP contribution in [0.3, 0.4) is 0 Å². The van der Waals surface area contributed by atoms with E-state index in [0.29, 0.717) is 38.2 Å². The Balaban J connectivity index is 1.44. The highest BCUT2D eigenvalue weighted by Crippen LogP contribution is 2.40. The Morgan fingerprint density at radius 1 is 1.14 bits per heavy atom. The molecule has 1 atom stereocenters. The summed E-state index contributed by atoms with van der Waals surface area (Å²) in [6.45, 7) is 4.93. The number of anilines is 1. The van der Waals surface area contributed by atoms with E-state index in [-0.39, 0.29) is 17.5 Å². The average molecular weight is 578 g/mol. The molecule has 2 saturated heterocycles. The van der Waals surface area contributed by atoms with Crippen LogP contribution in [-0.2, 0) is 16.4 Å². The first kappa shape index (κ1) is 29.4. The van der Waals surface area contributed by atoms with E-state index in [1.165, 1.54) is 6.07 Å². The topological polar surface area (TPSA) is 81.5 Å². The fourth-order valence-corrected chi connectivity index (χ4v) is 6.03. The molecule has 7 nitrogen and oxygen atoms in total. The Morgan fingerprint density at radius 2 is 1.90 bits per heavy atom. The van der Waals surface area contributed by atoms with Crippen LogP contribution in [0.1, 0.15) is 42.9 Å². The molecule has 3 heterocycles. The quantitative estimate of drug-likeness (QED) is 0.405. The number of benzene rings is 2. The van der Waals surface area contributed by atoms with E-state index < -0.39 is 17.2 Å². The number of nitriles is 1. The van der Waals surface area contributed by atoms with Gasteiger partial charge in [0.1, 0.15) is 11.8 Å². The third-order valence-electron chi connectivity index (χ3n) is 8.34. The minimum absolute atomic E-state index is 0.0326. The molecule has 1 amide bonds. The predicted octanol–water partition coefficient (Wildman–Crippen LogP) is 5.40. The number of ether oxygens (including phenoxy) is 1. The van der Waals surface area contributed by atoms with Crippen molar-refractivity contribution in [3.05, 3.63) is 77.5 Å². The van der Waals surface area contributed by atoms with Crippen LogP contribution in [0, 0.1) is 11.3 Å². The summed E-state index contributed by atoms with van der Waals surface area (Å²) in [6.07, 6.45) is -1.07. The molecule has 220 valence electrons. The summed E-state index contributed by atoms with van der Waals surface area (Å²) in [4.78, 5) is 22.8. The number of amides is 1. The molecule has 2 aliphatic rings. The van der Waals surface area contributed by atoms with Crippen molar-refractivity contribution >= 4 is 11.6 Å². The Labute approximate surface area is 243 Å². The Bertz CT molecular complexity index is 1460. The standard InChI is InChI=1S/C32H34F3N5O2/c1-3-42-29-7-5-4-6-26(29)27-10-8-24(20-37-27)31(30(41)38-25-12-15-39(2)21-25)13-16-40(17-14-31)28-11-9-23(32(33,34)35)18-22(28)19-36/h4-11,18,20,25H,3,12-17,21H2,1-2H3,(H,38,41)/t25-/m1/s1. The van der Waals surface area contributed by atoms with Gasteiger partial charge in [0.2, 0.25) is 5.91 Å². The highest BCUT2D eigenvalue weighted by molar-refractivity contribution is 5.89. The normalized spacial score (nSPS) is 18.9. The zero-order valence-electron chi connectivity index (χ0n) is 23.7. The molecule has 10 heteroatoms. The summed E-state index contributed by atoms with van der Waals surface area (Å²) >= 11 is 0. The molecule has 42 heavy (non-hydrogen) atoms. The number of carbonyl (C=O) groups excluding carboxylic acids is 1. The van der Waals surface area contributed by atoms with Gasteiger partial charge >= 0.3 is 6.18 Å². The monoisotopic (exact) mass is 577 g/mol. The van der Waals surface area contributed by atoms with Gasteiger partial charge in [0, 0.05) is 37.4 Å². The maximum absolute atomic E-state index is 14.0. The number of likely N-dealkylation sites (tertiary alicyclic amines) is 1. The zero-order valence-corrected chi connectivity index (χ0v) is 23.7. The zero-order chi connectivity index (χ0) is 29.9. The van der Waals surface area contributed by atoms with Gasteiger partial charge in [-0.25, -0.2) is 0 Å². The SMILES string of the molecule is CCOc1ccccc1-c1ccc(C2(C(=O)N[C@@H]3CCN(C)C3)CCN(c3ccc(C(F)(F)F)cc3C#N)CC2)cn1. The maximum atomic E-state index is 14.0. The molecule has 0 saturated carbocycles. The van der Waals surface area contributed by atoms with Crippen molar-refractivity contribution in [2.45, 2.75) is 43.8 Å². The van der Waals surface area contributed by atoms with Crippen LogP contribution in [0.5, 0.6) is 5.75 Å². The third kappa shape index (κ3) is 5.93. The van der Waals surface area contributed by atoms with E-state index in [2.05, 4.69) is 10.2 Å². The second-order valence-electron chi connectivity index (χ2n) is 11.0. The van der Waals surface area contributed by atoms with Crippen LogP contribution in [0.25, 0.3) is 11.3 Å². The molecule has 3 aromatic rings. The number of para-hydroxylation sites is 1. The number of nitrogens with zero attached hydrogens (tertiary/aromatic N) is 4. The predicted molar refractivity (Wildman–Crippen MR) is 154 cm³/mol. The molecule has 0 bridgehead atoms. The van der Waals surface area contributed by atoms with Gasteiger partial charge in [-0.2, -0.15) is 18.4 Å². The van der Waals surface area contributed by atoms with Crippen LogP contribution >= 0.6 is 0 Å². The van der Waals surface area contributed by atoms with Crippen LogP contribution in [0.4, 0.5) is 18.9 Å². The Kier molecular flexibility index (Phi) is 8.41. The van der Waals surface area contributed by atoms with Crippen LogP contribution in [0.15, 0.2) is 60.8 Å². The molecular weight excluding hydrogens is 543 g/mol. The fourth-order valence-electron chi connectivity index (χ4n) is 6.03.